The smallest absolute Gasteiger partial charge is 0.412 e. The monoisotopic (exact) mass is 451 g/mol. The normalized spacial score (nSPS) is 13.5. The molecule has 0 amide bonds. The number of esters is 2. The van der Waals surface area contributed by atoms with E-state index in [1.165, 1.54) is 5.82 Å². The second-order valence-electron chi connectivity index (χ2n) is 10.3. The van der Waals surface area contributed by atoms with Gasteiger partial charge in [-0.25, -0.2) is 4.79 Å². The number of benzene rings is 1. The first-order valence-corrected chi connectivity index (χ1v) is 11.7. The Morgan fingerprint density at radius 2 is 1.39 bits per heavy atom. The van der Waals surface area contributed by atoms with E-state index in [4.69, 9.17) is 14.2 Å². The fourth-order valence-electron chi connectivity index (χ4n) is 2.46. The van der Waals surface area contributed by atoms with Crippen molar-refractivity contribution in [1.29, 1.82) is 0 Å². The molecule has 31 heavy (non-hydrogen) atoms. The summed E-state index contributed by atoms with van der Waals surface area (Å²) in [6, 6.07) is 7.01. The molecule has 0 aliphatic rings. The van der Waals surface area contributed by atoms with Gasteiger partial charge >= 0.3 is 19.7 Å². The zero-order chi connectivity index (χ0) is 24.0. The molecule has 0 radical (unpaired) electrons. The Balaban J connectivity index is 3.19. The minimum absolute atomic E-state index is 0.0222. The molecule has 0 aliphatic carbocycles. The van der Waals surface area contributed by atoms with Crippen LogP contribution in [-0.2, 0) is 23.6 Å². The molecule has 6 nitrogen and oxygen atoms in total. The molecule has 0 spiro atoms. The number of carbonyl (C=O) groups is 2. The van der Waals surface area contributed by atoms with E-state index in [9.17, 15) is 14.2 Å². The molecule has 0 aromatic heterocycles. The van der Waals surface area contributed by atoms with Gasteiger partial charge in [-0.2, -0.15) is 0 Å². The van der Waals surface area contributed by atoms with Crippen LogP contribution in [0.25, 0.3) is 0 Å². The summed E-state index contributed by atoms with van der Waals surface area (Å²) in [5.41, 5.74) is -1.64. The summed E-state index contributed by atoms with van der Waals surface area (Å²) in [4.78, 5) is 24.9. The van der Waals surface area contributed by atoms with Gasteiger partial charge in [0.2, 0.25) is 5.30 Å². The van der Waals surface area contributed by atoms with Crippen molar-refractivity contribution in [3.63, 3.8) is 0 Å². The van der Waals surface area contributed by atoms with Gasteiger partial charge in [-0.15, -0.1) is 0 Å². The number of ether oxygens (including phenoxy) is 3. The van der Waals surface area contributed by atoms with Crippen LogP contribution < -0.4 is 10.0 Å². The molecule has 1 unspecified atom stereocenters. The van der Waals surface area contributed by atoms with Gasteiger partial charge in [0.15, 0.2) is 11.6 Å². The first-order chi connectivity index (χ1) is 14.0. The molecule has 0 aliphatic heterocycles. The van der Waals surface area contributed by atoms with Gasteiger partial charge in [0.05, 0.1) is 5.57 Å². The Labute approximate surface area is 187 Å². The summed E-state index contributed by atoms with van der Waals surface area (Å²) in [5, 5.41) is 0.478. The van der Waals surface area contributed by atoms with Crippen molar-refractivity contribution in [3.8, 4) is 5.75 Å². The van der Waals surface area contributed by atoms with Crippen molar-refractivity contribution >= 4 is 25.0 Å². The molecular weight excluding hydrogens is 415 g/mol. The molecule has 0 saturated carbocycles. The van der Waals surface area contributed by atoms with Crippen LogP contribution in [-0.4, -0.2) is 28.7 Å². The summed E-state index contributed by atoms with van der Waals surface area (Å²) in [6.07, 6.45) is 0.0405. The predicted octanol–water partition coefficient (Wildman–Crippen LogP) is 5.66. The fourth-order valence-corrected chi connectivity index (χ4v) is 3.69. The van der Waals surface area contributed by atoms with Crippen LogP contribution in [0.3, 0.4) is 0 Å². The highest BCUT2D eigenvalue weighted by Crippen LogP contribution is 2.32. The molecule has 7 heteroatoms. The third kappa shape index (κ3) is 11.1. The number of carbonyl (C=O) groups excluding carboxylic acids is 2. The van der Waals surface area contributed by atoms with Gasteiger partial charge < -0.3 is 14.2 Å². The van der Waals surface area contributed by atoms with Crippen molar-refractivity contribution in [2.24, 2.45) is 0 Å². The van der Waals surface area contributed by atoms with E-state index in [0.717, 1.165) is 0 Å². The molecule has 0 bridgehead atoms. The van der Waals surface area contributed by atoms with Gasteiger partial charge in [-0.1, -0.05) is 16.7 Å². The second kappa shape index (κ2) is 10.4. The second-order valence-corrected chi connectivity index (χ2v) is 11.6. The van der Waals surface area contributed by atoms with E-state index in [0.29, 0.717) is 11.1 Å². The largest absolute Gasteiger partial charge is 0.483 e. The lowest BCUT2D eigenvalue weighted by molar-refractivity contribution is -0.154. The Morgan fingerprint density at radius 1 is 0.839 bits per heavy atom. The average molecular weight is 452 g/mol. The van der Waals surface area contributed by atoms with Crippen molar-refractivity contribution in [2.45, 2.75) is 92.0 Å². The molecule has 0 saturated heterocycles. The molecule has 1 atom stereocenters. The van der Waals surface area contributed by atoms with Gasteiger partial charge in [0.25, 0.3) is 0 Å². The molecule has 0 heterocycles. The minimum atomic E-state index is -2.11. The standard InChI is InChI=1S/C24H36O6P/c1-22(2,3)28-18-12-10-11-13-19(18)31(27)16-17(21(26)30-24(7,8)9)14-15-20(25)29-23(4,5)6/h10-13,16H,14-15H2,1-9H3/q+1. The van der Waals surface area contributed by atoms with Crippen LogP contribution in [0.1, 0.15) is 75.2 Å². The SMILES string of the molecule is CC(C)(C)OC(=O)CCC(=C[P+](=O)c1ccccc1OC(C)(C)C)C(=O)OC(C)(C)C. The fraction of sp³-hybridized carbons (Fsp3) is 0.583. The number of para-hydroxylation sites is 1. The van der Waals surface area contributed by atoms with E-state index < -0.39 is 36.5 Å². The molecule has 1 aromatic rings. The van der Waals surface area contributed by atoms with Crippen LogP contribution in [0, 0.1) is 0 Å². The lowest BCUT2D eigenvalue weighted by atomic mass is 10.1. The first-order valence-electron chi connectivity index (χ1n) is 10.4. The maximum Gasteiger partial charge on any atom is 0.412 e. The van der Waals surface area contributed by atoms with Crippen molar-refractivity contribution in [3.05, 3.63) is 35.7 Å². The van der Waals surface area contributed by atoms with Crippen LogP contribution in [0.4, 0.5) is 0 Å². The highest BCUT2D eigenvalue weighted by atomic mass is 31.1. The van der Waals surface area contributed by atoms with E-state index in [1.807, 2.05) is 20.8 Å². The van der Waals surface area contributed by atoms with Crippen LogP contribution in [0.2, 0.25) is 0 Å². The maximum atomic E-state index is 13.2. The van der Waals surface area contributed by atoms with E-state index >= 15 is 0 Å². The molecule has 0 N–H and O–H groups in total. The van der Waals surface area contributed by atoms with Crippen LogP contribution in [0.5, 0.6) is 5.75 Å². The Morgan fingerprint density at radius 3 is 1.90 bits per heavy atom. The highest BCUT2D eigenvalue weighted by molar-refractivity contribution is 7.57. The predicted molar refractivity (Wildman–Crippen MR) is 123 cm³/mol. The lowest BCUT2D eigenvalue weighted by Gasteiger charge is -2.21. The van der Waals surface area contributed by atoms with Crippen molar-refractivity contribution < 1.29 is 28.4 Å². The van der Waals surface area contributed by atoms with Gasteiger partial charge in [0.1, 0.15) is 16.8 Å². The lowest BCUT2D eigenvalue weighted by Crippen LogP contribution is -2.26. The van der Waals surface area contributed by atoms with Crippen LogP contribution in [0.15, 0.2) is 35.7 Å². The quantitative estimate of drug-likeness (QED) is 0.302. The topological polar surface area (TPSA) is 78.9 Å². The third-order valence-electron chi connectivity index (χ3n) is 3.47. The summed E-state index contributed by atoms with van der Waals surface area (Å²) in [6.45, 7) is 16.3. The van der Waals surface area contributed by atoms with E-state index in [1.54, 1.807) is 65.8 Å². The van der Waals surface area contributed by atoms with Gasteiger partial charge in [0, 0.05) is 6.42 Å². The molecular formula is C24H36O6P+. The Kier molecular flexibility index (Phi) is 9.01. The van der Waals surface area contributed by atoms with Crippen LogP contribution >= 0.6 is 7.80 Å². The summed E-state index contributed by atoms with van der Waals surface area (Å²) < 4.78 is 29.9. The number of rotatable bonds is 7. The third-order valence-corrected chi connectivity index (χ3v) is 4.86. The summed E-state index contributed by atoms with van der Waals surface area (Å²) in [5.74, 6) is 0.823. The Bertz CT molecular complexity index is 835. The summed E-state index contributed by atoms with van der Waals surface area (Å²) >= 11 is 0. The highest BCUT2D eigenvalue weighted by Gasteiger charge is 2.30. The molecule has 172 valence electrons. The first kappa shape index (κ1) is 26.8. The molecule has 1 aromatic carbocycles. The number of hydrogen-bond donors (Lipinski definition) is 0. The van der Waals surface area contributed by atoms with Gasteiger partial charge in [-0.3, -0.25) is 4.79 Å². The van der Waals surface area contributed by atoms with E-state index in [2.05, 4.69) is 0 Å². The van der Waals surface area contributed by atoms with Gasteiger partial charge in [-0.05, 0) is 80.9 Å². The zero-order valence-corrected chi connectivity index (χ0v) is 21.1. The van der Waals surface area contributed by atoms with Crippen molar-refractivity contribution in [1.82, 2.24) is 0 Å². The maximum absolute atomic E-state index is 13.2. The molecule has 1 rings (SSSR count). The summed E-state index contributed by atoms with van der Waals surface area (Å²) in [7, 11) is -2.11. The average Bonchev–Trinajstić information content (AvgIpc) is 2.54. The van der Waals surface area contributed by atoms with Crippen molar-refractivity contribution in [2.75, 3.05) is 0 Å². The zero-order valence-electron chi connectivity index (χ0n) is 20.2. The number of hydrogen-bond acceptors (Lipinski definition) is 6. The molecule has 0 fully saturated rings. The van der Waals surface area contributed by atoms with E-state index in [-0.39, 0.29) is 18.4 Å². The minimum Gasteiger partial charge on any atom is -0.483 e. The Hall–Kier alpha value is -2.20.